The molecule has 0 aliphatic carbocycles. The smallest absolute Gasteiger partial charge is 0.151 e. The van der Waals surface area contributed by atoms with Crippen LogP contribution in [0.4, 0.5) is 10.2 Å². The second-order valence-corrected chi connectivity index (χ2v) is 4.97. The van der Waals surface area contributed by atoms with Crippen molar-refractivity contribution in [3.05, 3.63) is 29.2 Å². The van der Waals surface area contributed by atoms with E-state index in [9.17, 15) is 4.39 Å². The van der Waals surface area contributed by atoms with E-state index in [1.807, 2.05) is 24.7 Å². The standard InChI is InChI=1S/C14H22FN5/c1-4-6-19-10-13(12(3)17-19)8-16-14-11(2)9-20(18-14)7-5-15/h9-10H,4-8H2,1-3H3,(H,16,18). The molecule has 2 aromatic heterocycles. The van der Waals surface area contributed by atoms with E-state index in [4.69, 9.17) is 0 Å². The Labute approximate surface area is 118 Å². The highest BCUT2D eigenvalue weighted by Gasteiger charge is 2.08. The highest BCUT2D eigenvalue weighted by Crippen LogP contribution is 2.14. The Hall–Kier alpha value is -1.85. The summed E-state index contributed by atoms with van der Waals surface area (Å²) in [6, 6.07) is 0. The maximum absolute atomic E-state index is 12.3. The number of rotatable bonds is 7. The van der Waals surface area contributed by atoms with E-state index in [-0.39, 0.29) is 0 Å². The van der Waals surface area contributed by atoms with Crippen LogP contribution >= 0.6 is 0 Å². The van der Waals surface area contributed by atoms with Crippen LogP contribution in [0.3, 0.4) is 0 Å². The van der Waals surface area contributed by atoms with Gasteiger partial charge < -0.3 is 5.32 Å². The van der Waals surface area contributed by atoms with Gasteiger partial charge >= 0.3 is 0 Å². The first kappa shape index (κ1) is 14.6. The van der Waals surface area contributed by atoms with Crippen molar-refractivity contribution in [3.8, 4) is 0 Å². The Balaban J connectivity index is 2.01. The van der Waals surface area contributed by atoms with Crippen LogP contribution in [0.2, 0.25) is 0 Å². The van der Waals surface area contributed by atoms with Crippen molar-refractivity contribution in [3.63, 3.8) is 0 Å². The molecule has 0 bridgehead atoms. The van der Waals surface area contributed by atoms with Gasteiger partial charge in [0.05, 0.1) is 12.2 Å². The lowest BCUT2D eigenvalue weighted by Gasteiger charge is -2.03. The largest absolute Gasteiger partial charge is 0.364 e. The highest BCUT2D eigenvalue weighted by atomic mass is 19.1. The fourth-order valence-corrected chi connectivity index (χ4v) is 2.15. The van der Waals surface area contributed by atoms with Crippen molar-refractivity contribution in [1.29, 1.82) is 0 Å². The summed E-state index contributed by atoms with van der Waals surface area (Å²) in [6.45, 7) is 7.64. The quantitative estimate of drug-likeness (QED) is 0.847. The van der Waals surface area contributed by atoms with E-state index in [1.54, 1.807) is 4.68 Å². The molecule has 0 radical (unpaired) electrons. The van der Waals surface area contributed by atoms with Gasteiger partial charge in [0.25, 0.3) is 0 Å². The van der Waals surface area contributed by atoms with Gasteiger partial charge in [-0.2, -0.15) is 10.2 Å². The highest BCUT2D eigenvalue weighted by molar-refractivity contribution is 5.42. The summed E-state index contributed by atoms with van der Waals surface area (Å²) in [5.74, 6) is 0.807. The molecule has 0 atom stereocenters. The molecule has 6 heteroatoms. The molecular formula is C14H22FN5. The van der Waals surface area contributed by atoms with Crippen LogP contribution in [0.25, 0.3) is 0 Å². The van der Waals surface area contributed by atoms with Gasteiger partial charge in [-0.25, -0.2) is 4.39 Å². The Kier molecular flexibility index (Phi) is 4.76. The summed E-state index contributed by atoms with van der Waals surface area (Å²) in [4.78, 5) is 0. The van der Waals surface area contributed by atoms with Crippen molar-refractivity contribution in [2.24, 2.45) is 0 Å². The van der Waals surface area contributed by atoms with E-state index in [2.05, 4.69) is 28.6 Å². The first-order valence-corrected chi connectivity index (χ1v) is 7.00. The molecule has 20 heavy (non-hydrogen) atoms. The first-order chi connectivity index (χ1) is 9.63. The lowest BCUT2D eigenvalue weighted by atomic mass is 10.2. The maximum Gasteiger partial charge on any atom is 0.151 e. The first-order valence-electron chi connectivity index (χ1n) is 7.00. The van der Waals surface area contributed by atoms with Crippen molar-refractivity contribution in [1.82, 2.24) is 19.6 Å². The van der Waals surface area contributed by atoms with Crippen LogP contribution in [0.15, 0.2) is 12.4 Å². The van der Waals surface area contributed by atoms with Crippen LogP contribution < -0.4 is 5.32 Å². The van der Waals surface area contributed by atoms with Gasteiger partial charge in [-0.1, -0.05) is 6.92 Å². The zero-order valence-electron chi connectivity index (χ0n) is 12.4. The van der Waals surface area contributed by atoms with Gasteiger partial charge in [0.2, 0.25) is 0 Å². The predicted octanol–water partition coefficient (Wildman–Crippen LogP) is 2.69. The van der Waals surface area contributed by atoms with Crippen LogP contribution in [-0.4, -0.2) is 26.2 Å². The second-order valence-electron chi connectivity index (χ2n) is 4.97. The molecule has 0 aliphatic rings. The number of aromatic nitrogens is 4. The van der Waals surface area contributed by atoms with Gasteiger partial charge in [0.1, 0.15) is 6.67 Å². The number of nitrogens with zero attached hydrogens (tertiary/aromatic N) is 4. The van der Waals surface area contributed by atoms with Gasteiger partial charge in [0, 0.05) is 36.6 Å². The third-order valence-corrected chi connectivity index (χ3v) is 3.21. The molecule has 1 N–H and O–H groups in total. The van der Waals surface area contributed by atoms with Gasteiger partial charge in [-0.05, 0) is 20.3 Å². The third-order valence-electron chi connectivity index (χ3n) is 3.21. The Morgan fingerprint density at radius 3 is 2.60 bits per heavy atom. The molecule has 2 heterocycles. The van der Waals surface area contributed by atoms with Crippen LogP contribution in [0, 0.1) is 13.8 Å². The predicted molar refractivity (Wildman–Crippen MR) is 77.5 cm³/mol. The number of hydrogen-bond acceptors (Lipinski definition) is 3. The lowest BCUT2D eigenvalue weighted by Crippen LogP contribution is -2.04. The zero-order chi connectivity index (χ0) is 14.5. The van der Waals surface area contributed by atoms with Crippen LogP contribution in [-0.2, 0) is 19.6 Å². The summed E-state index contributed by atoms with van der Waals surface area (Å²) in [6.07, 6.45) is 5.00. The Morgan fingerprint density at radius 2 is 1.90 bits per heavy atom. The summed E-state index contributed by atoms with van der Waals surface area (Å²) >= 11 is 0. The Bertz CT molecular complexity index is 508. The van der Waals surface area contributed by atoms with Crippen molar-refractivity contribution < 1.29 is 4.39 Å². The number of alkyl halides is 1. The molecule has 0 aromatic carbocycles. The minimum Gasteiger partial charge on any atom is -0.364 e. The molecule has 0 unspecified atom stereocenters. The van der Waals surface area contributed by atoms with E-state index in [0.717, 1.165) is 35.6 Å². The summed E-state index contributed by atoms with van der Waals surface area (Å²) in [5, 5.41) is 12.1. The Morgan fingerprint density at radius 1 is 1.15 bits per heavy atom. The molecule has 2 rings (SSSR count). The normalized spacial score (nSPS) is 11.0. The molecule has 5 nitrogen and oxygen atoms in total. The second kappa shape index (κ2) is 6.54. The minimum absolute atomic E-state index is 0.302. The molecule has 0 spiro atoms. The molecule has 0 saturated heterocycles. The van der Waals surface area contributed by atoms with Crippen molar-refractivity contribution >= 4 is 5.82 Å². The topological polar surface area (TPSA) is 47.7 Å². The van der Waals surface area contributed by atoms with Gasteiger partial charge in [-0.3, -0.25) is 9.36 Å². The summed E-state index contributed by atoms with van der Waals surface area (Å²) in [7, 11) is 0. The molecule has 2 aromatic rings. The van der Waals surface area contributed by atoms with Crippen LogP contribution in [0.5, 0.6) is 0 Å². The molecule has 0 saturated carbocycles. The fraction of sp³-hybridized carbons (Fsp3) is 0.571. The SMILES string of the molecule is CCCn1cc(CNc2nn(CCF)cc2C)c(C)n1. The van der Waals surface area contributed by atoms with Gasteiger partial charge in [-0.15, -0.1) is 0 Å². The third kappa shape index (κ3) is 3.37. The van der Waals surface area contributed by atoms with Crippen molar-refractivity contribution in [2.75, 3.05) is 12.0 Å². The van der Waals surface area contributed by atoms with E-state index < -0.39 is 6.67 Å². The number of halogens is 1. The maximum atomic E-state index is 12.3. The molecule has 0 amide bonds. The lowest BCUT2D eigenvalue weighted by molar-refractivity contribution is 0.427. The average Bonchev–Trinajstić information content (AvgIpc) is 2.91. The monoisotopic (exact) mass is 279 g/mol. The van der Waals surface area contributed by atoms with Crippen molar-refractivity contribution in [2.45, 2.75) is 46.8 Å². The molecule has 110 valence electrons. The average molecular weight is 279 g/mol. The number of hydrogen-bond donors (Lipinski definition) is 1. The molecule has 0 aliphatic heterocycles. The minimum atomic E-state index is -0.399. The molecule has 0 fully saturated rings. The fourth-order valence-electron chi connectivity index (χ4n) is 2.15. The summed E-state index contributed by atoms with van der Waals surface area (Å²) < 4.78 is 15.9. The van der Waals surface area contributed by atoms with E-state index in [0.29, 0.717) is 13.1 Å². The zero-order valence-corrected chi connectivity index (χ0v) is 12.4. The van der Waals surface area contributed by atoms with E-state index >= 15 is 0 Å². The summed E-state index contributed by atoms with van der Waals surface area (Å²) in [5.41, 5.74) is 3.22. The van der Waals surface area contributed by atoms with Crippen LogP contribution in [0.1, 0.15) is 30.2 Å². The number of nitrogens with one attached hydrogen (secondary N) is 1. The van der Waals surface area contributed by atoms with Gasteiger partial charge in [0.15, 0.2) is 5.82 Å². The number of aryl methyl sites for hydroxylation is 4. The van der Waals surface area contributed by atoms with E-state index in [1.165, 1.54) is 0 Å². The number of anilines is 1. The molecular weight excluding hydrogens is 257 g/mol.